The number of ether oxygens (including phenoxy) is 2. The van der Waals surface area contributed by atoms with Crippen LogP contribution in [0.5, 0.6) is 11.5 Å². The molecule has 1 aromatic carbocycles. The van der Waals surface area contributed by atoms with E-state index in [0.717, 1.165) is 6.07 Å². The molecule has 0 fully saturated rings. The molecule has 0 heterocycles. The molecule has 0 aromatic heterocycles. The molecule has 0 radical (unpaired) electrons. The lowest BCUT2D eigenvalue weighted by Crippen LogP contribution is -2.12. The highest BCUT2D eigenvalue weighted by Gasteiger charge is 2.19. The van der Waals surface area contributed by atoms with Gasteiger partial charge in [0.05, 0.1) is 14.2 Å². The Kier molecular flexibility index (Phi) is 4.49. The first-order chi connectivity index (χ1) is 7.65. The van der Waals surface area contributed by atoms with Gasteiger partial charge in [0, 0.05) is 0 Å². The fourth-order valence-electron chi connectivity index (χ4n) is 1.45. The molecule has 0 spiro atoms. The van der Waals surface area contributed by atoms with E-state index in [1.54, 1.807) is 7.05 Å². The van der Waals surface area contributed by atoms with Gasteiger partial charge in [-0.1, -0.05) is 0 Å². The van der Waals surface area contributed by atoms with Crippen LogP contribution in [0.2, 0.25) is 0 Å². The molecule has 90 valence electrons. The van der Waals surface area contributed by atoms with Crippen LogP contribution in [-0.4, -0.2) is 27.8 Å². The lowest BCUT2D eigenvalue weighted by atomic mass is 10.1. The molecule has 0 amide bonds. The zero-order valence-corrected chi connectivity index (χ0v) is 9.56. The standard InChI is InChI=1S/C11H15F2NO2/c1-14-5-4-7-6-8(12)10(15-2)11(16-3)9(7)13/h6,14H,4-5H2,1-3H3. The van der Waals surface area contributed by atoms with Crippen molar-refractivity contribution in [3.8, 4) is 11.5 Å². The molecule has 0 saturated carbocycles. The summed E-state index contributed by atoms with van der Waals surface area (Å²) in [5.74, 6) is -1.58. The summed E-state index contributed by atoms with van der Waals surface area (Å²) in [6.45, 7) is 0.561. The Labute approximate surface area is 93.4 Å². The molecular formula is C11H15F2NO2. The Morgan fingerprint density at radius 1 is 1.19 bits per heavy atom. The summed E-state index contributed by atoms with van der Waals surface area (Å²) in [5.41, 5.74) is 0.268. The molecule has 0 aliphatic rings. The van der Waals surface area contributed by atoms with Crippen molar-refractivity contribution in [3.05, 3.63) is 23.3 Å². The van der Waals surface area contributed by atoms with Gasteiger partial charge in [-0.2, -0.15) is 0 Å². The average molecular weight is 231 g/mol. The zero-order chi connectivity index (χ0) is 12.1. The molecule has 16 heavy (non-hydrogen) atoms. The van der Waals surface area contributed by atoms with Gasteiger partial charge in [0.2, 0.25) is 0 Å². The van der Waals surface area contributed by atoms with E-state index in [1.165, 1.54) is 14.2 Å². The Morgan fingerprint density at radius 2 is 1.81 bits per heavy atom. The van der Waals surface area contributed by atoms with Crippen LogP contribution in [0.4, 0.5) is 8.78 Å². The molecule has 1 N–H and O–H groups in total. The first-order valence-electron chi connectivity index (χ1n) is 4.89. The number of likely N-dealkylation sites (N-methyl/N-ethyl adjacent to an activating group) is 1. The minimum absolute atomic E-state index is 0.186. The number of methoxy groups -OCH3 is 2. The maximum atomic E-state index is 13.8. The summed E-state index contributed by atoms with van der Waals surface area (Å²) >= 11 is 0. The first kappa shape index (κ1) is 12.7. The fraction of sp³-hybridized carbons (Fsp3) is 0.455. The Balaban J connectivity index is 3.17. The summed E-state index contributed by atoms with van der Waals surface area (Å²) in [5, 5.41) is 2.87. The van der Waals surface area contributed by atoms with Gasteiger partial charge in [-0.05, 0) is 31.6 Å². The smallest absolute Gasteiger partial charge is 0.200 e. The van der Waals surface area contributed by atoms with Gasteiger partial charge in [-0.25, -0.2) is 8.78 Å². The lowest BCUT2D eigenvalue weighted by molar-refractivity contribution is 0.320. The maximum Gasteiger partial charge on any atom is 0.200 e. The topological polar surface area (TPSA) is 30.5 Å². The van der Waals surface area contributed by atoms with Crippen molar-refractivity contribution in [3.63, 3.8) is 0 Å². The van der Waals surface area contributed by atoms with E-state index in [0.29, 0.717) is 13.0 Å². The predicted octanol–water partition coefficient (Wildman–Crippen LogP) is 1.74. The molecule has 0 unspecified atom stereocenters. The van der Waals surface area contributed by atoms with Crippen LogP contribution in [-0.2, 0) is 6.42 Å². The summed E-state index contributed by atoms with van der Waals surface area (Å²) < 4.78 is 36.9. The van der Waals surface area contributed by atoms with Crippen molar-refractivity contribution in [2.75, 3.05) is 27.8 Å². The minimum atomic E-state index is -0.619. The second-order valence-electron chi connectivity index (χ2n) is 3.25. The molecular weight excluding hydrogens is 216 g/mol. The molecule has 3 nitrogen and oxygen atoms in total. The summed E-state index contributed by atoms with van der Waals surface area (Å²) in [6.07, 6.45) is 0.388. The Morgan fingerprint density at radius 3 is 2.31 bits per heavy atom. The van der Waals surface area contributed by atoms with Crippen LogP contribution in [0.1, 0.15) is 5.56 Å². The third-order valence-corrected chi connectivity index (χ3v) is 2.26. The number of halogens is 2. The average Bonchev–Trinajstić information content (AvgIpc) is 2.29. The minimum Gasteiger partial charge on any atom is -0.490 e. The highest BCUT2D eigenvalue weighted by atomic mass is 19.1. The van der Waals surface area contributed by atoms with Crippen molar-refractivity contribution < 1.29 is 18.3 Å². The second-order valence-corrected chi connectivity index (χ2v) is 3.25. The van der Waals surface area contributed by atoms with Gasteiger partial charge in [0.1, 0.15) is 0 Å². The summed E-state index contributed by atoms with van der Waals surface area (Å²) in [6, 6.07) is 1.13. The third-order valence-electron chi connectivity index (χ3n) is 2.26. The van der Waals surface area contributed by atoms with Crippen LogP contribution in [0, 0.1) is 11.6 Å². The van der Waals surface area contributed by atoms with E-state index >= 15 is 0 Å². The van der Waals surface area contributed by atoms with E-state index in [2.05, 4.69) is 5.32 Å². The first-order valence-corrected chi connectivity index (χ1v) is 4.89. The number of hydrogen-bond acceptors (Lipinski definition) is 3. The second kappa shape index (κ2) is 5.65. The van der Waals surface area contributed by atoms with Crippen LogP contribution in [0.3, 0.4) is 0 Å². The SMILES string of the molecule is CNCCc1cc(F)c(OC)c(OC)c1F. The van der Waals surface area contributed by atoms with Crippen molar-refractivity contribution in [1.82, 2.24) is 5.32 Å². The monoisotopic (exact) mass is 231 g/mol. The Bertz CT molecular complexity index is 369. The van der Waals surface area contributed by atoms with Gasteiger partial charge in [0.25, 0.3) is 0 Å². The number of nitrogens with one attached hydrogen (secondary N) is 1. The van der Waals surface area contributed by atoms with Crippen molar-refractivity contribution in [1.29, 1.82) is 0 Å². The van der Waals surface area contributed by atoms with E-state index in [-0.39, 0.29) is 17.1 Å². The fourth-order valence-corrected chi connectivity index (χ4v) is 1.45. The van der Waals surface area contributed by atoms with Gasteiger partial charge >= 0.3 is 0 Å². The molecule has 0 bridgehead atoms. The van der Waals surface area contributed by atoms with Gasteiger partial charge in [-0.3, -0.25) is 0 Å². The van der Waals surface area contributed by atoms with Crippen molar-refractivity contribution >= 4 is 0 Å². The van der Waals surface area contributed by atoms with Crippen LogP contribution in [0.15, 0.2) is 6.07 Å². The van der Waals surface area contributed by atoms with Gasteiger partial charge in [-0.15, -0.1) is 0 Å². The summed E-state index contributed by atoms with van der Waals surface area (Å²) in [7, 11) is 4.30. The van der Waals surface area contributed by atoms with E-state index in [1.807, 2.05) is 0 Å². The quantitative estimate of drug-likeness (QED) is 0.837. The van der Waals surface area contributed by atoms with E-state index in [9.17, 15) is 8.78 Å². The van der Waals surface area contributed by atoms with Crippen LogP contribution < -0.4 is 14.8 Å². The van der Waals surface area contributed by atoms with E-state index in [4.69, 9.17) is 9.47 Å². The van der Waals surface area contributed by atoms with Crippen LogP contribution in [0.25, 0.3) is 0 Å². The van der Waals surface area contributed by atoms with E-state index < -0.39 is 11.6 Å². The highest BCUT2D eigenvalue weighted by molar-refractivity contribution is 5.45. The molecule has 0 aliphatic carbocycles. The lowest BCUT2D eigenvalue weighted by Gasteiger charge is -2.12. The van der Waals surface area contributed by atoms with Crippen LogP contribution >= 0.6 is 0 Å². The zero-order valence-electron chi connectivity index (χ0n) is 9.56. The number of rotatable bonds is 5. The maximum absolute atomic E-state index is 13.8. The van der Waals surface area contributed by atoms with Crippen molar-refractivity contribution in [2.45, 2.75) is 6.42 Å². The van der Waals surface area contributed by atoms with Crippen molar-refractivity contribution in [2.24, 2.45) is 0 Å². The van der Waals surface area contributed by atoms with Gasteiger partial charge < -0.3 is 14.8 Å². The predicted molar refractivity (Wildman–Crippen MR) is 57.1 cm³/mol. The Hall–Kier alpha value is -1.36. The number of hydrogen-bond donors (Lipinski definition) is 1. The summed E-state index contributed by atoms with van der Waals surface area (Å²) in [4.78, 5) is 0. The largest absolute Gasteiger partial charge is 0.490 e. The molecule has 1 aromatic rings. The molecule has 0 aliphatic heterocycles. The number of benzene rings is 1. The molecule has 1 rings (SSSR count). The van der Waals surface area contributed by atoms with Gasteiger partial charge in [0.15, 0.2) is 23.1 Å². The normalized spacial score (nSPS) is 10.3. The third kappa shape index (κ3) is 2.41. The molecule has 0 saturated heterocycles. The molecule has 5 heteroatoms. The highest BCUT2D eigenvalue weighted by Crippen LogP contribution is 2.34. The molecule has 0 atom stereocenters.